The molecule has 6 heteroatoms. The largest absolute Gasteiger partial charge is 0.328 e. The quantitative estimate of drug-likeness (QED) is 0.532. The summed E-state index contributed by atoms with van der Waals surface area (Å²) >= 11 is 3.51. The van der Waals surface area contributed by atoms with Gasteiger partial charge in [-0.2, -0.15) is 4.98 Å². The van der Waals surface area contributed by atoms with Crippen LogP contribution >= 0.6 is 15.9 Å². The first-order valence-corrected chi connectivity index (χ1v) is 10.9. The van der Waals surface area contributed by atoms with Crippen molar-refractivity contribution in [3.8, 4) is 11.4 Å². The van der Waals surface area contributed by atoms with Crippen molar-refractivity contribution in [1.82, 2.24) is 14.8 Å². The van der Waals surface area contributed by atoms with Gasteiger partial charge in [0.25, 0.3) is 0 Å². The molecule has 0 spiro atoms. The van der Waals surface area contributed by atoms with E-state index in [0.717, 1.165) is 38.9 Å². The van der Waals surface area contributed by atoms with E-state index in [1.165, 1.54) is 0 Å². The number of anilines is 1. The van der Waals surface area contributed by atoms with E-state index in [0.29, 0.717) is 18.2 Å². The maximum Gasteiger partial charge on any atom is 0.226 e. The number of rotatable bonds is 2. The molecule has 2 aliphatic rings. The summed E-state index contributed by atoms with van der Waals surface area (Å²) in [6.07, 6.45) is 1.35. The number of nitrogens with zero attached hydrogens (tertiary/aromatic N) is 3. The van der Waals surface area contributed by atoms with Gasteiger partial charge in [-0.05, 0) is 42.0 Å². The zero-order chi connectivity index (χ0) is 21.0. The molecular formula is C24H23BrN4O. The van der Waals surface area contributed by atoms with Gasteiger partial charge in [-0.1, -0.05) is 66.2 Å². The smallest absolute Gasteiger partial charge is 0.226 e. The summed E-state index contributed by atoms with van der Waals surface area (Å²) < 4.78 is 2.88. The van der Waals surface area contributed by atoms with E-state index < -0.39 is 0 Å². The van der Waals surface area contributed by atoms with Crippen LogP contribution in [0.25, 0.3) is 11.4 Å². The fourth-order valence-corrected chi connectivity index (χ4v) is 4.76. The average molecular weight is 463 g/mol. The molecule has 0 radical (unpaired) electrons. The van der Waals surface area contributed by atoms with Crippen LogP contribution in [0.2, 0.25) is 0 Å². The second-order valence-electron chi connectivity index (χ2n) is 8.93. The molecule has 1 unspecified atom stereocenters. The predicted molar refractivity (Wildman–Crippen MR) is 121 cm³/mol. The number of benzene rings is 2. The molecule has 0 fully saturated rings. The minimum Gasteiger partial charge on any atom is -0.328 e. The van der Waals surface area contributed by atoms with Gasteiger partial charge in [-0.25, -0.2) is 4.68 Å². The van der Waals surface area contributed by atoms with Crippen LogP contribution in [0.5, 0.6) is 0 Å². The Morgan fingerprint density at radius 1 is 1.10 bits per heavy atom. The third-order valence-corrected chi connectivity index (χ3v) is 6.43. The number of hydrogen-bond donors (Lipinski definition) is 1. The minimum absolute atomic E-state index is 0.0752. The van der Waals surface area contributed by atoms with Crippen molar-refractivity contribution < 1.29 is 4.79 Å². The number of carbonyl (C=O) groups is 1. The summed E-state index contributed by atoms with van der Waals surface area (Å²) in [5.74, 6) is 1.54. The molecule has 3 aromatic rings. The molecule has 1 aliphatic heterocycles. The standard InChI is InChI=1S/C24H23BrN4O/c1-14-6-4-5-7-17(14)22-27-23-26-18-12-24(2,3)13-19(30)20(18)21(29(23)28-22)15-8-10-16(25)11-9-15/h4-11,21H,12-13H2,1-3H3,(H,26,27,28). The van der Waals surface area contributed by atoms with Gasteiger partial charge in [0, 0.05) is 27.7 Å². The highest BCUT2D eigenvalue weighted by Gasteiger charge is 2.41. The first-order valence-electron chi connectivity index (χ1n) is 10.1. The summed E-state index contributed by atoms with van der Waals surface area (Å²) in [5.41, 5.74) is 4.86. The summed E-state index contributed by atoms with van der Waals surface area (Å²) in [6, 6.07) is 15.9. The molecule has 5 nitrogen and oxygen atoms in total. The first kappa shape index (κ1) is 19.2. The van der Waals surface area contributed by atoms with E-state index in [9.17, 15) is 4.79 Å². The normalized spacial score (nSPS) is 19.9. The van der Waals surface area contributed by atoms with Gasteiger partial charge < -0.3 is 5.32 Å². The minimum atomic E-state index is -0.279. The topological polar surface area (TPSA) is 59.8 Å². The molecule has 152 valence electrons. The number of allylic oxidation sites excluding steroid dienone is 2. The van der Waals surface area contributed by atoms with Crippen molar-refractivity contribution >= 4 is 27.7 Å². The van der Waals surface area contributed by atoms with Gasteiger partial charge in [0.2, 0.25) is 5.95 Å². The summed E-state index contributed by atoms with van der Waals surface area (Å²) in [7, 11) is 0. The number of aryl methyl sites for hydroxylation is 1. The van der Waals surface area contributed by atoms with Gasteiger partial charge in [-0.15, -0.1) is 5.10 Å². The van der Waals surface area contributed by atoms with Crippen molar-refractivity contribution in [2.75, 3.05) is 5.32 Å². The number of hydrogen-bond acceptors (Lipinski definition) is 4. The third kappa shape index (κ3) is 3.19. The summed E-state index contributed by atoms with van der Waals surface area (Å²) in [5, 5.41) is 8.31. The van der Waals surface area contributed by atoms with Gasteiger partial charge in [0.05, 0.1) is 0 Å². The van der Waals surface area contributed by atoms with Crippen LogP contribution < -0.4 is 5.32 Å². The lowest BCUT2D eigenvalue weighted by Crippen LogP contribution is -2.36. The van der Waals surface area contributed by atoms with Crippen LogP contribution in [0.1, 0.15) is 43.9 Å². The number of Topliss-reactive ketones (excluding diaryl/α,β-unsaturated/α-hetero) is 1. The Balaban J connectivity index is 1.69. The Labute approximate surface area is 184 Å². The maximum atomic E-state index is 13.3. The molecule has 0 saturated heterocycles. The molecule has 2 heterocycles. The van der Waals surface area contributed by atoms with E-state index in [1.54, 1.807) is 0 Å². The maximum absolute atomic E-state index is 13.3. The van der Waals surface area contributed by atoms with Gasteiger partial charge in [0.1, 0.15) is 6.04 Å². The lowest BCUT2D eigenvalue weighted by atomic mass is 9.73. The molecule has 0 bridgehead atoms. The average Bonchev–Trinajstić information content (AvgIpc) is 3.10. The Morgan fingerprint density at radius 3 is 2.57 bits per heavy atom. The number of aromatic nitrogens is 3. The molecule has 1 atom stereocenters. The van der Waals surface area contributed by atoms with Gasteiger partial charge >= 0.3 is 0 Å². The molecule has 0 amide bonds. The molecule has 0 saturated carbocycles. The number of halogens is 1. The lowest BCUT2D eigenvalue weighted by Gasteiger charge is -2.38. The van der Waals surface area contributed by atoms with Crippen LogP contribution in [0.3, 0.4) is 0 Å². The van der Waals surface area contributed by atoms with Gasteiger partial charge in [0.15, 0.2) is 11.6 Å². The van der Waals surface area contributed by atoms with Crippen LogP contribution in [0, 0.1) is 12.3 Å². The van der Waals surface area contributed by atoms with E-state index in [4.69, 9.17) is 10.1 Å². The summed E-state index contributed by atoms with van der Waals surface area (Å²) in [4.78, 5) is 18.1. The zero-order valence-corrected chi connectivity index (χ0v) is 18.8. The van der Waals surface area contributed by atoms with Crippen molar-refractivity contribution in [1.29, 1.82) is 0 Å². The fraction of sp³-hybridized carbons (Fsp3) is 0.292. The summed E-state index contributed by atoms with van der Waals surface area (Å²) in [6.45, 7) is 6.34. The molecule has 1 aliphatic carbocycles. The highest BCUT2D eigenvalue weighted by molar-refractivity contribution is 9.10. The predicted octanol–water partition coefficient (Wildman–Crippen LogP) is 5.67. The zero-order valence-electron chi connectivity index (χ0n) is 17.2. The highest BCUT2D eigenvalue weighted by atomic mass is 79.9. The van der Waals surface area contributed by atoms with Gasteiger partial charge in [-0.3, -0.25) is 4.79 Å². The Hall–Kier alpha value is -2.73. The Bertz CT molecular complexity index is 1190. The third-order valence-electron chi connectivity index (χ3n) is 5.90. The second-order valence-corrected chi connectivity index (χ2v) is 9.85. The fourth-order valence-electron chi connectivity index (χ4n) is 4.50. The van der Waals surface area contributed by atoms with Crippen LogP contribution in [0.4, 0.5) is 5.95 Å². The molecule has 1 N–H and O–H groups in total. The SMILES string of the molecule is Cc1ccccc1-c1nc2n(n1)C(c1ccc(Br)cc1)C1=C(CC(C)(C)CC1=O)N2. The number of ketones is 1. The molecule has 5 rings (SSSR count). The second kappa shape index (κ2) is 6.91. The monoisotopic (exact) mass is 462 g/mol. The van der Waals surface area contributed by atoms with Crippen molar-refractivity contribution in [2.45, 2.75) is 39.7 Å². The van der Waals surface area contributed by atoms with E-state index >= 15 is 0 Å². The lowest BCUT2D eigenvalue weighted by molar-refractivity contribution is -0.118. The molecular weight excluding hydrogens is 440 g/mol. The van der Waals surface area contributed by atoms with Crippen molar-refractivity contribution in [3.63, 3.8) is 0 Å². The van der Waals surface area contributed by atoms with Crippen molar-refractivity contribution in [3.05, 3.63) is 75.4 Å². The van der Waals surface area contributed by atoms with Crippen LogP contribution in [0.15, 0.2) is 64.3 Å². The highest BCUT2D eigenvalue weighted by Crippen LogP contribution is 2.45. The Kier molecular flexibility index (Phi) is 4.43. The molecule has 30 heavy (non-hydrogen) atoms. The van der Waals surface area contributed by atoms with Crippen LogP contribution in [-0.2, 0) is 4.79 Å². The van der Waals surface area contributed by atoms with Crippen LogP contribution in [-0.4, -0.2) is 20.5 Å². The first-order chi connectivity index (χ1) is 14.3. The molecule has 2 aromatic carbocycles. The number of nitrogens with one attached hydrogen (secondary N) is 1. The Morgan fingerprint density at radius 2 is 1.83 bits per heavy atom. The van der Waals surface area contributed by atoms with E-state index in [1.807, 2.05) is 35.0 Å². The van der Waals surface area contributed by atoms with Crippen molar-refractivity contribution in [2.24, 2.45) is 5.41 Å². The van der Waals surface area contributed by atoms with E-state index in [2.05, 4.69) is 60.2 Å². The number of carbonyl (C=O) groups excluding carboxylic acids is 1. The van der Waals surface area contributed by atoms with E-state index in [-0.39, 0.29) is 17.2 Å². The number of fused-ring (bicyclic) bond motifs is 1. The molecule has 1 aromatic heterocycles.